The lowest BCUT2D eigenvalue weighted by Gasteiger charge is -2.32. The minimum absolute atomic E-state index is 0.151. The Bertz CT molecular complexity index is 906. The van der Waals surface area contributed by atoms with Gasteiger partial charge in [0, 0.05) is 13.1 Å². The number of benzene rings is 2. The molecule has 1 aliphatic heterocycles. The molecule has 2 aromatic carbocycles. The molecule has 0 aromatic heterocycles. The number of para-hydroxylation sites is 1. The highest BCUT2D eigenvalue weighted by atomic mass is 32.2. The summed E-state index contributed by atoms with van der Waals surface area (Å²) in [4.78, 5) is 14.8. The van der Waals surface area contributed by atoms with Crippen LogP contribution in [-0.4, -0.2) is 44.6 Å². The van der Waals surface area contributed by atoms with Crippen molar-refractivity contribution in [3.63, 3.8) is 0 Å². The smallest absolute Gasteiger partial charge is 0.246 e. The number of carbonyl (C=O) groups excluding carboxylic acids is 1. The third-order valence-corrected chi connectivity index (χ3v) is 6.30. The maximum absolute atomic E-state index is 13.0. The maximum Gasteiger partial charge on any atom is 0.246 e. The second-order valence-electron chi connectivity index (χ2n) is 7.38. The van der Waals surface area contributed by atoms with Gasteiger partial charge in [0.2, 0.25) is 15.9 Å². The van der Waals surface area contributed by atoms with Crippen molar-refractivity contribution in [2.24, 2.45) is 0 Å². The predicted octanol–water partition coefficient (Wildman–Crippen LogP) is 4.04. The van der Waals surface area contributed by atoms with Crippen LogP contribution in [0.25, 0.3) is 0 Å². The van der Waals surface area contributed by atoms with Gasteiger partial charge >= 0.3 is 0 Å². The van der Waals surface area contributed by atoms with E-state index in [9.17, 15) is 13.2 Å². The lowest BCUT2D eigenvalue weighted by molar-refractivity contribution is -0.131. The maximum atomic E-state index is 13.0. The van der Waals surface area contributed by atoms with Crippen LogP contribution in [0.1, 0.15) is 32.6 Å². The van der Waals surface area contributed by atoms with E-state index < -0.39 is 16.1 Å². The summed E-state index contributed by atoms with van der Waals surface area (Å²) < 4.78 is 32.0. The molecule has 1 fully saturated rings. The molecule has 2 aromatic rings. The zero-order chi connectivity index (χ0) is 20.9. The third-order valence-electron chi connectivity index (χ3n) is 5.05. The first kappa shape index (κ1) is 21.2. The molecule has 0 aliphatic carbocycles. The Morgan fingerprint density at radius 2 is 1.48 bits per heavy atom. The van der Waals surface area contributed by atoms with Crippen LogP contribution < -0.4 is 9.04 Å². The van der Waals surface area contributed by atoms with E-state index in [1.165, 1.54) is 4.31 Å². The number of carbonyl (C=O) groups is 1. The van der Waals surface area contributed by atoms with Crippen LogP contribution in [0.15, 0.2) is 54.6 Å². The lowest BCUT2D eigenvalue weighted by atomic mass is 10.2. The van der Waals surface area contributed by atoms with Crippen molar-refractivity contribution in [2.75, 3.05) is 23.7 Å². The Balaban J connectivity index is 1.80. The van der Waals surface area contributed by atoms with E-state index >= 15 is 0 Å². The summed E-state index contributed by atoms with van der Waals surface area (Å²) in [6.45, 7) is 3.03. The Kier molecular flexibility index (Phi) is 6.79. The van der Waals surface area contributed by atoms with Crippen LogP contribution in [-0.2, 0) is 14.8 Å². The number of likely N-dealkylation sites (tertiary alicyclic amines) is 1. The van der Waals surface area contributed by atoms with Crippen LogP contribution in [0.5, 0.6) is 11.5 Å². The molecule has 156 valence electrons. The number of hydrogen-bond acceptors (Lipinski definition) is 4. The minimum Gasteiger partial charge on any atom is -0.457 e. The van der Waals surface area contributed by atoms with Crippen molar-refractivity contribution in [1.29, 1.82) is 0 Å². The van der Waals surface area contributed by atoms with Crippen molar-refractivity contribution in [3.8, 4) is 11.5 Å². The van der Waals surface area contributed by atoms with E-state index in [2.05, 4.69) is 0 Å². The van der Waals surface area contributed by atoms with Gasteiger partial charge in [-0.25, -0.2) is 8.42 Å². The van der Waals surface area contributed by atoms with Crippen LogP contribution in [0.2, 0.25) is 0 Å². The van der Waals surface area contributed by atoms with Crippen molar-refractivity contribution < 1.29 is 17.9 Å². The largest absolute Gasteiger partial charge is 0.457 e. The molecular formula is C22H28N2O4S. The van der Waals surface area contributed by atoms with E-state index in [0.29, 0.717) is 30.3 Å². The fourth-order valence-corrected chi connectivity index (χ4v) is 4.81. The molecule has 0 radical (unpaired) electrons. The van der Waals surface area contributed by atoms with Crippen molar-refractivity contribution >= 4 is 21.6 Å². The van der Waals surface area contributed by atoms with Gasteiger partial charge in [0.05, 0.1) is 11.9 Å². The van der Waals surface area contributed by atoms with Crippen LogP contribution in [0.4, 0.5) is 5.69 Å². The summed E-state index contributed by atoms with van der Waals surface area (Å²) in [5.74, 6) is 1.15. The average molecular weight is 417 g/mol. The monoisotopic (exact) mass is 416 g/mol. The first-order chi connectivity index (χ1) is 13.9. The fourth-order valence-electron chi connectivity index (χ4n) is 3.64. The first-order valence-electron chi connectivity index (χ1n) is 9.97. The molecular weight excluding hydrogens is 388 g/mol. The Hall–Kier alpha value is -2.54. The summed E-state index contributed by atoms with van der Waals surface area (Å²) in [5.41, 5.74) is 0.448. The molecule has 7 heteroatoms. The Morgan fingerprint density at radius 1 is 0.931 bits per heavy atom. The topological polar surface area (TPSA) is 66.9 Å². The standard InChI is InChI=1S/C22H28N2O4S/c1-18(22(25)23-16-8-3-4-9-17-23)24(29(2,26)27)19-12-14-21(15-13-19)28-20-10-6-5-7-11-20/h5-7,10-15,18H,3-4,8-9,16-17H2,1-2H3/t18-/m0/s1. The predicted molar refractivity (Wildman–Crippen MR) is 115 cm³/mol. The van der Waals surface area contributed by atoms with Gasteiger partial charge in [0.1, 0.15) is 17.5 Å². The van der Waals surface area contributed by atoms with Gasteiger partial charge in [-0.15, -0.1) is 0 Å². The quantitative estimate of drug-likeness (QED) is 0.713. The second kappa shape index (κ2) is 9.31. The summed E-state index contributed by atoms with van der Waals surface area (Å²) in [6, 6.07) is 15.3. The molecule has 0 spiro atoms. The molecule has 0 bridgehead atoms. The molecule has 0 N–H and O–H groups in total. The molecule has 1 aliphatic rings. The number of hydrogen-bond donors (Lipinski definition) is 0. The molecule has 3 rings (SSSR count). The van der Waals surface area contributed by atoms with Crippen LogP contribution >= 0.6 is 0 Å². The van der Waals surface area contributed by atoms with E-state index in [0.717, 1.165) is 31.9 Å². The van der Waals surface area contributed by atoms with E-state index in [1.807, 2.05) is 30.3 Å². The Labute approximate surface area is 173 Å². The first-order valence-corrected chi connectivity index (χ1v) is 11.8. The van der Waals surface area contributed by atoms with Gasteiger partial charge in [-0.05, 0) is 56.2 Å². The summed E-state index contributed by atoms with van der Waals surface area (Å²) in [6.07, 6.45) is 5.27. The molecule has 29 heavy (non-hydrogen) atoms. The molecule has 6 nitrogen and oxygen atoms in total. The molecule has 0 unspecified atom stereocenters. The number of ether oxygens (including phenoxy) is 1. The second-order valence-corrected chi connectivity index (χ2v) is 9.24. The highest BCUT2D eigenvalue weighted by molar-refractivity contribution is 7.92. The number of anilines is 1. The molecule has 1 saturated heterocycles. The minimum atomic E-state index is -3.64. The third kappa shape index (κ3) is 5.50. The SMILES string of the molecule is C[C@@H](C(=O)N1CCCCCC1)N(c1ccc(Oc2ccccc2)cc1)S(C)(=O)=O. The fraction of sp³-hybridized carbons (Fsp3) is 0.409. The summed E-state index contributed by atoms with van der Waals surface area (Å²) in [7, 11) is -3.64. The molecule has 1 heterocycles. The van der Waals surface area contributed by atoms with Crippen molar-refractivity contribution in [2.45, 2.75) is 38.6 Å². The van der Waals surface area contributed by atoms with Gasteiger partial charge in [-0.3, -0.25) is 9.10 Å². The molecule has 1 amide bonds. The average Bonchev–Trinajstić information content (AvgIpc) is 2.98. The van der Waals surface area contributed by atoms with E-state index in [4.69, 9.17) is 4.74 Å². The highest BCUT2D eigenvalue weighted by Gasteiger charge is 2.32. The van der Waals surface area contributed by atoms with Crippen molar-refractivity contribution in [3.05, 3.63) is 54.6 Å². The normalized spacial score (nSPS) is 16.0. The van der Waals surface area contributed by atoms with Crippen molar-refractivity contribution in [1.82, 2.24) is 4.90 Å². The zero-order valence-electron chi connectivity index (χ0n) is 17.0. The molecule has 1 atom stereocenters. The number of rotatable bonds is 6. The lowest BCUT2D eigenvalue weighted by Crippen LogP contribution is -2.49. The Morgan fingerprint density at radius 3 is 2.03 bits per heavy atom. The molecule has 0 saturated carbocycles. The van der Waals surface area contributed by atoms with Gasteiger partial charge in [0.15, 0.2) is 0 Å². The van der Waals surface area contributed by atoms with Gasteiger partial charge < -0.3 is 9.64 Å². The zero-order valence-corrected chi connectivity index (χ0v) is 17.8. The summed E-state index contributed by atoms with van der Waals surface area (Å²) >= 11 is 0. The van der Waals surface area contributed by atoms with Crippen LogP contribution in [0.3, 0.4) is 0 Å². The number of nitrogens with zero attached hydrogens (tertiary/aromatic N) is 2. The highest BCUT2D eigenvalue weighted by Crippen LogP contribution is 2.27. The van der Waals surface area contributed by atoms with E-state index in [1.54, 1.807) is 36.1 Å². The van der Waals surface area contributed by atoms with Gasteiger partial charge in [0.25, 0.3) is 0 Å². The van der Waals surface area contributed by atoms with Gasteiger partial charge in [-0.1, -0.05) is 31.0 Å². The summed E-state index contributed by atoms with van der Waals surface area (Å²) in [5, 5.41) is 0. The number of amides is 1. The van der Waals surface area contributed by atoms with Gasteiger partial charge in [-0.2, -0.15) is 0 Å². The van der Waals surface area contributed by atoms with E-state index in [-0.39, 0.29) is 5.91 Å². The van der Waals surface area contributed by atoms with Crippen LogP contribution in [0, 0.1) is 0 Å². The number of sulfonamides is 1.